The predicted molar refractivity (Wildman–Crippen MR) is 95.9 cm³/mol. The molecule has 0 spiro atoms. The summed E-state index contributed by atoms with van der Waals surface area (Å²) in [5.41, 5.74) is 0.319. The molecule has 0 radical (unpaired) electrons. The lowest BCUT2D eigenvalue weighted by Crippen LogP contribution is -2.48. The van der Waals surface area contributed by atoms with Crippen LogP contribution in [-0.2, 0) is 9.59 Å². The van der Waals surface area contributed by atoms with Crippen LogP contribution in [0.25, 0.3) is 0 Å². The molecular weight excluding hydrogens is 308 g/mol. The first kappa shape index (κ1) is 18.5. The molecule has 130 valence electrons. The Morgan fingerprint density at radius 3 is 2.74 bits per heavy atom. The van der Waals surface area contributed by atoms with E-state index in [2.05, 4.69) is 32.7 Å². The molecule has 1 saturated heterocycles. The molecule has 1 aliphatic carbocycles. The van der Waals surface area contributed by atoms with E-state index in [1.807, 2.05) is 4.31 Å². The molecular formula is C18H30N2O2S. The van der Waals surface area contributed by atoms with Gasteiger partial charge in [-0.2, -0.15) is 0 Å². The molecule has 2 rings (SSSR count). The molecule has 4 nitrogen and oxygen atoms in total. The van der Waals surface area contributed by atoms with Crippen molar-refractivity contribution in [3.63, 3.8) is 0 Å². The molecule has 0 bridgehead atoms. The molecule has 0 aromatic carbocycles. The van der Waals surface area contributed by atoms with E-state index in [1.165, 1.54) is 18.9 Å². The Morgan fingerprint density at radius 1 is 1.35 bits per heavy atom. The van der Waals surface area contributed by atoms with Crippen LogP contribution in [0, 0.1) is 11.3 Å². The van der Waals surface area contributed by atoms with Crippen LogP contribution < -0.4 is 5.32 Å². The average molecular weight is 339 g/mol. The molecule has 2 fully saturated rings. The third-order valence-corrected chi connectivity index (χ3v) is 6.65. The fraction of sp³-hybridized carbons (Fsp3) is 0.778. The summed E-state index contributed by atoms with van der Waals surface area (Å²) >= 11 is 1.13. The topological polar surface area (TPSA) is 49.4 Å². The number of nitrogens with zero attached hydrogens (tertiary/aromatic N) is 1. The maximum Gasteiger partial charge on any atom is 0.238 e. The number of rotatable bonds is 5. The fourth-order valence-corrected chi connectivity index (χ4v) is 4.58. The first-order valence-electron chi connectivity index (χ1n) is 8.77. The van der Waals surface area contributed by atoms with Gasteiger partial charge in [0.2, 0.25) is 11.0 Å². The predicted octanol–water partition coefficient (Wildman–Crippen LogP) is 3.53. The van der Waals surface area contributed by atoms with Gasteiger partial charge in [0.25, 0.3) is 0 Å². The van der Waals surface area contributed by atoms with Crippen molar-refractivity contribution in [2.75, 3.05) is 6.54 Å². The van der Waals surface area contributed by atoms with Crippen LogP contribution in [-0.4, -0.2) is 34.0 Å². The van der Waals surface area contributed by atoms with Gasteiger partial charge in [-0.25, -0.2) is 4.31 Å². The molecule has 2 aliphatic rings. The smallest absolute Gasteiger partial charge is 0.238 e. The summed E-state index contributed by atoms with van der Waals surface area (Å²) in [5, 5.41) is 3.17. The van der Waals surface area contributed by atoms with Crippen molar-refractivity contribution in [2.45, 2.75) is 71.4 Å². The second kappa shape index (κ2) is 7.84. The first-order chi connectivity index (χ1) is 10.9. The largest absolute Gasteiger partial charge is 0.352 e. The van der Waals surface area contributed by atoms with Gasteiger partial charge >= 0.3 is 0 Å². The normalized spacial score (nSPS) is 32.0. The minimum absolute atomic E-state index is 0.0878. The standard InChI is InChI=1S/C18H30N2O2S/c1-5-16(21)23-20-11-7-9-15(20)17(22)19-14-8-6-10-18(4,12-14)13(2)3/h5,13-15H,1,6-12H2,2-4H3,(H,19,22)/t14?,15-,18?/m1/s1. The van der Waals surface area contributed by atoms with Gasteiger partial charge < -0.3 is 5.32 Å². The second-order valence-corrected chi connectivity index (χ2v) is 8.58. The van der Waals surface area contributed by atoms with Gasteiger partial charge in [0, 0.05) is 24.5 Å². The molecule has 1 saturated carbocycles. The van der Waals surface area contributed by atoms with E-state index in [1.54, 1.807) is 0 Å². The zero-order chi connectivity index (χ0) is 17.0. The van der Waals surface area contributed by atoms with Gasteiger partial charge in [-0.15, -0.1) is 0 Å². The van der Waals surface area contributed by atoms with Crippen LogP contribution in [0.3, 0.4) is 0 Å². The molecule has 1 aliphatic heterocycles. The summed E-state index contributed by atoms with van der Waals surface area (Å²) in [5.74, 6) is 0.718. The Bertz CT molecular complexity index is 466. The quantitative estimate of drug-likeness (QED) is 0.615. The van der Waals surface area contributed by atoms with Crippen LogP contribution in [0.15, 0.2) is 12.7 Å². The summed E-state index contributed by atoms with van der Waals surface area (Å²) < 4.78 is 1.92. The van der Waals surface area contributed by atoms with Crippen molar-refractivity contribution in [2.24, 2.45) is 11.3 Å². The Kier molecular flexibility index (Phi) is 6.32. The van der Waals surface area contributed by atoms with E-state index in [0.29, 0.717) is 11.3 Å². The number of hydrogen-bond donors (Lipinski definition) is 1. The van der Waals surface area contributed by atoms with Crippen molar-refractivity contribution in [1.29, 1.82) is 0 Å². The highest BCUT2D eigenvalue weighted by Gasteiger charge is 2.38. The van der Waals surface area contributed by atoms with Crippen molar-refractivity contribution < 1.29 is 9.59 Å². The average Bonchev–Trinajstić information content (AvgIpc) is 2.95. The Labute approximate surface area is 144 Å². The maximum atomic E-state index is 12.7. The molecule has 1 heterocycles. The molecule has 5 heteroatoms. The molecule has 1 N–H and O–H groups in total. The summed E-state index contributed by atoms with van der Waals surface area (Å²) in [7, 11) is 0. The number of hydrogen-bond acceptors (Lipinski definition) is 4. The lowest BCUT2D eigenvalue weighted by molar-refractivity contribution is -0.125. The Hall–Kier alpha value is -0.810. The van der Waals surface area contributed by atoms with Gasteiger partial charge in [-0.3, -0.25) is 9.59 Å². The molecule has 23 heavy (non-hydrogen) atoms. The highest BCUT2D eigenvalue weighted by Crippen LogP contribution is 2.42. The summed E-state index contributed by atoms with van der Waals surface area (Å²) in [6.45, 7) is 11.2. The van der Waals surface area contributed by atoms with Crippen LogP contribution in [0.5, 0.6) is 0 Å². The van der Waals surface area contributed by atoms with Crippen molar-refractivity contribution in [3.05, 3.63) is 12.7 Å². The third-order valence-electron chi connectivity index (χ3n) is 5.63. The third kappa shape index (κ3) is 4.60. The monoisotopic (exact) mass is 338 g/mol. The molecule has 0 aromatic rings. The van der Waals surface area contributed by atoms with Crippen molar-refractivity contribution >= 4 is 23.0 Å². The fourth-order valence-electron chi connectivity index (χ4n) is 3.73. The number of nitrogens with one attached hydrogen (secondary N) is 1. The van der Waals surface area contributed by atoms with Gasteiger partial charge in [-0.05, 0) is 49.5 Å². The van der Waals surface area contributed by atoms with Crippen LogP contribution >= 0.6 is 11.9 Å². The zero-order valence-electron chi connectivity index (χ0n) is 14.6. The van der Waals surface area contributed by atoms with Crippen molar-refractivity contribution in [1.82, 2.24) is 9.62 Å². The SMILES string of the molecule is C=CC(=O)SN1CCC[C@@H]1C(=O)NC1CCCC(C)(C(C)C)C1. The second-order valence-electron chi connectivity index (χ2n) is 7.52. The lowest BCUT2D eigenvalue weighted by atomic mass is 9.67. The summed E-state index contributed by atoms with van der Waals surface area (Å²) in [6.07, 6.45) is 7.66. The van der Waals surface area contributed by atoms with Crippen LogP contribution in [0.1, 0.15) is 59.3 Å². The molecule has 3 atom stereocenters. The van der Waals surface area contributed by atoms with Gasteiger partial charge in [0.15, 0.2) is 0 Å². The minimum atomic E-state index is -0.184. The Morgan fingerprint density at radius 2 is 2.09 bits per heavy atom. The highest BCUT2D eigenvalue weighted by molar-refractivity contribution is 8.12. The van der Waals surface area contributed by atoms with E-state index < -0.39 is 0 Å². The maximum absolute atomic E-state index is 12.7. The molecule has 0 aromatic heterocycles. The number of amides is 1. The van der Waals surface area contributed by atoms with E-state index in [4.69, 9.17) is 0 Å². The van der Waals surface area contributed by atoms with Crippen molar-refractivity contribution in [3.8, 4) is 0 Å². The van der Waals surface area contributed by atoms with Crippen LogP contribution in [0.4, 0.5) is 0 Å². The van der Waals surface area contributed by atoms with E-state index in [9.17, 15) is 9.59 Å². The number of carbonyl (C=O) groups excluding carboxylic acids is 2. The number of carbonyl (C=O) groups is 2. The highest BCUT2D eigenvalue weighted by atomic mass is 32.2. The summed E-state index contributed by atoms with van der Waals surface area (Å²) in [6, 6.07) is 0.0855. The lowest BCUT2D eigenvalue weighted by Gasteiger charge is -2.42. The van der Waals surface area contributed by atoms with Gasteiger partial charge in [0.1, 0.15) is 0 Å². The van der Waals surface area contributed by atoms with E-state index in [0.717, 1.165) is 44.2 Å². The van der Waals surface area contributed by atoms with Gasteiger partial charge in [-0.1, -0.05) is 33.8 Å². The van der Waals surface area contributed by atoms with Gasteiger partial charge in [0.05, 0.1) is 6.04 Å². The molecule has 1 amide bonds. The van der Waals surface area contributed by atoms with E-state index >= 15 is 0 Å². The Balaban J connectivity index is 1.93. The summed E-state index contributed by atoms with van der Waals surface area (Å²) in [4.78, 5) is 24.2. The van der Waals surface area contributed by atoms with Crippen LogP contribution in [0.2, 0.25) is 0 Å². The minimum Gasteiger partial charge on any atom is -0.352 e. The first-order valence-corrected chi connectivity index (χ1v) is 9.54. The van der Waals surface area contributed by atoms with E-state index in [-0.39, 0.29) is 23.1 Å². The zero-order valence-corrected chi connectivity index (χ0v) is 15.5. The molecule has 2 unspecified atom stereocenters.